The van der Waals surface area contributed by atoms with Gasteiger partial charge in [0.25, 0.3) is 0 Å². The van der Waals surface area contributed by atoms with Crippen molar-refractivity contribution >= 4 is 11.9 Å². The largest absolute Gasteiger partial charge is 0.393 e. The second-order valence-electron chi connectivity index (χ2n) is 4.29. The van der Waals surface area contributed by atoms with E-state index < -0.39 is 0 Å². The summed E-state index contributed by atoms with van der Waals surface area (Å²) in [5, 5.41) is 0. The van der Waals surface area contributed by atoms with E-state index in [1.807, 2.05) is 12.2 Å². The number of carbonyl (C=O) groups excluding carboxylic acids is 2. The summed E-state index contributed by atoms with van der Waals surface area (Å²) in [5.74, 6) is -1.09. The first-order valence-electron chi connectivity index (χ1n) is 4.76. The van der Waals surface area contributed by atoms with Crippen LogP contribution in [0.25, 0.3) is 0 Å². The molecule has 14 heavy (non-hydrogen) atoms. The zero-order valence-electron chi connectivity index (χ0n) is 7.60. The molecule has 0 radical (unpaired) electrons. The van der Waals surface area contributed by atoms with Crippen LogP contribution in [-0.2, 0) is 14.3 Å². The van der Waals surface area contributed by atoms with Crippen LogP contribution in [0, 0.1) is 23.2 Å². The number of esters is 2. The lowest BCUT2D eigenvalue weighted by atomic mass is 9.75. The Hall–Kier alpha value is -1.38. The van der Waals surface area contributed by atoms with Crippen LogP contribution in [0.2, 0.25) is 0 Å². The minimum Gasteiger partial charge on any atom is -0.393 e. The Morgan fingerprint density at radius 2 is 2.29 bits per heavy atom. The third-order valence-electron chi connectivity index (χ3n) is 3.75. The van der Waals surface area contributed by atoms with Gasteiger partial charge in [0.2, 0.25) is 0 Å². The van der Waals surface area contributed by atoms with Gasteiger partial charge in [-0.3, -0.25) is 9.59 Å². The summed E-state index contributed by atoms with van der Waals surface area (Å²) >= 11 is 0. The molecular weight excluding hydrogens is 180 g/mol. The van der Waals surface area contributed by atoms with Crippen molar-refractivity contribution in [3.63, 3.8) is 0 Å². The zero-order valence-corrected chi connectivity index (χ0v) is 7.60. The number of ether oxygens (including phenoxy) is 1. The van der Waals surface area contributed by atoms with E-state index in [0.29, 0.717) is 0 Å². The molecule has 2 aliphatic carbocycles. The van der Waals surface area contributed by atoms with Crippen LogP contribution in [0.3, 0.4) is 0 Å². The molecule has 2 fully saturated rings. The SMILES string of the molecule is C=CC12C=CC(C1)[C@H]1C(=O)OC(=O)[C@H]12. The van der Waals surface area contributed by atoms with Gasteiger partial charge in [0, 0.05) is 5.41 Å². The highest BCUT2D eigenvalue weighted by Crippen LogP contribution is 2.59. The fraction of sp³-hybridized carbons (Fsp3) is 0.455. The maximum atomic E-state index is 11.5. The molecule has 0 amide bonds. The number of cyclic esters (lactones) is 2. The second kappa shape index (κ2) is 2.16. The van der Waals surface area contributed by atoms with E-state index >= 15 is 0 Å². The molecule has 3 nitrogen and oxygen atoms in total. The highest BCUT2D eigenvalue weighted by molar-refractivity contribution is 5.98. The smallest absolute Gasteiger partial charge is 0.318 e. The first kappa shape index (κ1) is 7.97. The van der Waals surface area contributed by atoms with Crippen molar-refractivity contribution in [2.45, 2.75) is 6.42 Å². The van der Waals surface area contributed by atoms with Gasteiger partial charge in [-0.05, 0) is 12.3 Å². The number of rotatable bonds is 1. The highest BCUT2D eigenvalue weighted by Gasteiger charge is 2.64. The average molecular weight is 190 g/mol. The van der Waals surface area contributed by atoms with Crippen molar-refractivity contribution in [3.05, 3.63) is 24.8 Å². The van der Waals surface area contributed by atoms with Crippen LogP contribution in [-0.4, -0.2) is 11.9 Å². The lowest BCUT2D eigenvalue weighted by Gasteiger charge is -2.24. The Kier molecular flexibility index (Phi) is 1.23. The predicted octanol–water partition coefficient (Wildman–Crippen LogP) is 1.06. The number of allylic oxidation sites excluding steroid dienone is 3. The van der Waals surface area contributed by atoms with Crippen molar-refractivity contribution in [1.82, 2.24) is 0 Å². The van der Waals surface area contributed by atoms with Crippen molar-refractivity contribution in [2.24, 2.45) is 23.2 Å². The number of carbonyl (C=O) groups is 2. The maximum Gasteiger partial charge on any atom is 0.318 e. The summed E-state index contributed by atoms with van der Waals surface area (Å²) in [6.07, 6.45) is 6.65. The Balaban J connectivity index is 2.14. The van der Waals surface area contributed by atoms with Crippen molar-refractivity contribution in [3.8, 4) is 0 Å². The molecule has 1 heterocycles. The van der Waals surface area contributed by atoms with Gasteiger partial charge in [-0.1, -0.05) is 18.2 Å². The van der Waals surface area contributed by atoms with Crippen LogP contribution < -0.4 is 0 Å². The highest BCUT2D eigenvalue weighted by atomic mass is 16.6. The molecule has 0 aromatic carbocycles. The molecule has 2 unspecified atom stereocenters. The van der Waals surface area contributed by atoms with Gasteiger partial charge in [0.05, 0.1) is 11.8 Å². The summed E-state index contributed by atoms with van der Waals surface area (Å²) in [6, 6.07) is 0. The van der Waals surface area contributed by atoms with E-state index in [1.54, 1.807) is 6.08 Å². The number of hydrogen-bond acceptors (Lipinski definition) is 3. The van der Waals surface area contributed by atoms with Crippen molar-refractivity contribution in [2.75, 3.05) is 0 Å². The van der Waals surface area contributed by atoms with Crippen LogP contribution in [0.5, 0.6) is 0 Å². The molecule has 3 rings (SSSR count). The van der Waals surface area contributed by atoms with Crippen LogP contribution in [0.15, 0.2) is 24.8 Å². The molecule has 0 aromatic heterocycles. The molecule has 1 saturated carbocycles. The van der Waals surface area contributed by atoms with E-state index in [0.717, 1.165) is 6.42 Å². The summed E-state index contributed by atoms with van der Waals surface area (Å²) in [7, 11) is 0. The van der Waals surface area contributed by atoms with Crippen LogP contribution in [0.1, 0.15) is 6.42 Å². The Bertz CT molecular complexity index is 382. The van der Waals surface area contributed by atoms with Crippen LogP contribution in [0.4, 0.5) is 0 Å². The van der Waals surface area contributed by atoms with Crippen molar-refractivity contribution in [1.29, 1.82) is 0 Å². The Morgan fingerprint density at radius 1 is 1.50 bits per heavy atom. The predicted molar refractivity (Wildman–Crippen MR) is 48.0 cm³/mol. The molecule has 0 spiro atoms. The van der Waals surface area contributed by atoms with E-state index in [2.05, 4.69) is 11.3 Å². The average Bonchev–Trinajstić information content (AvgIpc) is 2.78. The van der Waals surface area contributed by atoms with Gasteiger partial charge in [-0.2, -0.15) is 0 Å². The molecule has 2 bridgehead atoms. The molecule has 3 heteroatoms. The van der Waals surface area contributed by atoms with Gasteiger partial charge in [-0.25, -0.2) is 0 Å². The molecule has 0 aromatic rings. The number of fused-ring (bicyclic) bond motifs is 5. The normalized spacial score (nSPS) is 48.1. The van der Waals surface area contributed by atoms with Gasteiger partial charge >= 0.3 is 11.9 Å². The van der Waals surface area contributed by atoms with E-state index in [-0.39, 0.29) is 35.1 Å². The molecule has 1 saturated heterocycles. The number of hydrogen-bond donors (Lipinski definition) is 0. The molecule has 4 atom stereocenters. The zero-order chi connectivity index (χ0) is 9.92. The first-order valence-corrected chi connectivity index (χ1v) is 4.76. The maximum absolute atomic E-state index is 11.5. The summed E-state index contributed by atoms with van der Waals surface area (Å²) in [4.78, 5) is 22.9. The molecule has 72 valence electrons. The standard InChI is InChI=1S/C11H10O3/c1-2-11-4-3-6(5-11)7-8(11)10(13)14-9(7)12/h2-4,6-8H,1,5H2/t6?,7-,8+,11?/m1/s1. The lowest BCUT2D eigenvalue weighted by Crippen LogP contribution is -2.29. The molecule has 0 N–H and O–H groups in total. The monoisotopic (exact) mass is 190 g/mol. The van der Waals surface area contributed by atoms with Gasteiger partial charge in [-0.15, -0.1) is 6.58 Å². The molecule has 1 aliphatic heterocycles. The van der Waals surface area contributed by atoms with E-state index in [4.69, 9.17) is 0 Å². The van der Waals surface area contributed by atoms with E-state index in [9.17, 15) is 9.59 Å². The third-order valence-corrected chi connectivity index (χ3v) is 3.75. The second-order valence-corrected chi connectivity index (χ2v) is 4.29. The topological polar surface area (TPSA) is 43.4 Å². The fourth-order valence-electron chi connectivity index (χ4n) is 3.09. The molecule has 3 aliphatic rings. The van der Waals surface area contributed by atoms with E-state index in [1.165, 1.54) is 0 Å². The summed E-state index contributed by atoms with van der Waals surface area (Å²) in [6.45, 7) is 3.76. The minimum atomic E-state index is -0.369. The van der Waals surface area contributed by atoms with Crippen LogP contribution >= 0.6 is 0 Å². The van der Waals surface area contributed by atoms with Gasteiger partial charge < -0.3 is 4.74 Å². The molecular formula is C11H10O3. The lowest BCUT2D eigenvalue weighted by molar-refractivity contribution is -0.155. The third kappa shape index (κ3) is 0.659. The quantitative estimate of drug-likeness (QED) is 0.353. The van der Waals surface area contributed by atoms with Crippen molar-refractivity contribution < 1.29 is 14.3 Å². The minimum absolute atomic E-state index is 0.178. The Labute approximate surface area is 81.4 Å². The summed E-state index contributed by atoms with van der Waals surface area (Å²) in [5.41, 5.74) is -0.307. The Morgan fingerprint density at radius 3 is 3.00 bits per heavy atom. The summed E-state index contributed by atoms with van der Waals surface area (Å²) < 4.78 is 4.67. The van der Waals surface area contributed by atoms with Gasteiger partial charge in [0.15, 0.2) is 0 Å². The first-order chi connectivity index (χ1) is 6.68. The van der Waals surface area contributed by atoms with Gasteiger partial charge in [0.1, 0.15) is 0 Å². The fourth-order valence-corrected chi connectivity index (χ4v) is 3.09.